The summed E-state index contributed by atoms with van der Waals surface area (Å²) in [7, 11) is 0. The van der Waals surface area contributed by atoms with Gasteiger partial charge in [0.2, 0.25) is 0 Å². The third-order valence-corrected chi connectivity index (χ3v) is 8.29. The van der Waals surface area contributed by atoms with Gasteiger partial charge in [0.05, 0.1) is 5.57 Å². The highest BCUT2D eigenvalue weighted by molar-refractivity contribution is 6.11. The Kier molecular flexibility index (Phi) is 33.0. The first-order valence-corrected chi connectivity index (χ1v) is 18.1. The Labute approximate surface area is 251 Å². The van der Waals surface area contributed by atoms with Crippen molar-refractivity contribution >= 4 is 12.1 Å². The third-order valence-electron chi connectivity index (χ3n) is 8.29. The first-order chi connectivity index (χ1) is 19.8. The quantitative estimate of drug-likeness (QED) is 0.0200. The standard InChI is InChI=1S/C38H70O2/c1-3-5-7-9-11-13-15-17-19-21-22-24-26-28-30-32-34-37(36-39)38(40)35-33-31-29-27-25-23-20-18-16-14-12-10-8-6-4-2/h18,20,34,36H,3-17,19,21-33,35H2,1-2H3/b20-18-,37-34?. The number of allylic oxidation sites excluding steroid dienone is 4. The largest absolute Gasteiger partial charge is 0.298 e. The Bertz CT molecular complexity index is 588. The molecular weight excluding hydrogens is 488 g/mol. The van der Waals surface area contributed by atoms with Crippen LogP contribution in [0.5, 0.6) is 0 Å². The lowest BCUT2D eigenvalue weighted by molar-refractivity contribution is -0.117. The van der Waals surface area contributed by atoms with E-state index in [2.05, 4.69) is 26.0 Å². The molecule has 0 spiro atoms. The zero-order valence-corrected chi connectivity index (χ0v) is 27.3. The Morgan fingerprint density at radius 2 is 0.750 bits per heavy atom. The van der Waals surface area contributed by atoms with Crippen molar-refractivity contribution in [3.63, 3.8) is 0 Å². The highest BCUT2D eigenvalue weighted by atomic mass is 16.1. The second-order valence-electron chi connectivity index (χ2n) is 12.3. The summed E-state index contributed by atoms with van der Waals surface area (Å²) in [5.74, 6) is 0.0496. The number of Topliss-reactive ketones (excluding diaryl/α,β-unsaturated/α-hetero) is 1. The van der Waals surface area contributed by atoms with Gasteiger partial charge in [-0.2, -0.15) is 0 Å². The molecule has 0 amide bonds. The fourth-order valence-electron chi connectivity index (χ4n) is 5.50. The SMILES string of the molecule is CCCCCCCC/C=C\CCCCCCCC(=O)C(C=O)=CCCCCCCCCCCCCCCCCC. The van der Waals surface area contributed by atoms with Crippen LogP contribution in [0.1, 0.15) is 206 Å². The van der Waals surface area contributed by atoms with Gasteiger partial charge in [-0.15, -0.1) is 0 Å². The Morgan fingerprint density at radius 3 is 1.12 bits per heavy atom. The molecule has 0 N–H and O–H groups in total. The van der Waals surface area contributed by atoms with E-state index >= 15 is 0 Å². The van der Waals surface area contributed by atoms with Crippen LogP contribution in [0.3, 0.4) is 0 Å². The second-order valence-corrected chi connectivity index (χ2v) is 12.3. The van der Waals surface area contributed by atoms with Crippen LogP contribution in [0.15, 0.2) is 23.8 Å². The van der Waals surface area contributed by atoms with Gasteiger partial charge in [0.1, 0.15) is 0 Å². The number of hydrogen-bond acceptors (Lipinski definition) is 2. The summed E-state index contributed by atoms with van der Waals surface area (Å²) in [5.41, 5.74) is 0.417. The third kappa shape index (κ3) is 29.8. The number of aldehydes is 1. The molecule has 0 aliphatic heterocycles. The van der Waals surface area contributed by atoms with Crippen molar-refractivity contribution in [2.45, 2.75) is 206 Å². The summed E-state index contributed by atoms with van der Waals surface area (Å²) < 4.78 is 0. The van der Waals surface area contributed by atoms with Crippen molar-refractivity contribution in [3.8, 4) is 0 Å². The van der Waals surface area contributed by atoms with Crippen LogP contribution in [0.2, 0.25) is 0 Å². The molecule has 0 aromatic heterocycles. The molecule has 234 valence electrons. The molecule has 0 bridgehead atoms. The molecule has 2 heteroatoms. The number of hydrogen-bond donors (Lipinski definition) is 0. The predicted octanol–water partition coefficient (Wildman–Crippen LogP) is 13.0. The fourth-order valence-corrected chi connectivity index (χ4v) is 5.50. The van der Waals surface area contributed by atoms with Crippen LogP contribution < -0.4 is 0 Å². The maximum Gasteiger partial charge on any atom is 0.165 e. The smallest absolute Gasteiger partial charge is 0.165 e. The van der Waals surface area contributed by atoms with Gasteiger partial charge in [-0.25, -0.2) is 0 Å². The number of unbranched alkanes of at least 4 members (excludes halogenated alkanes) is 26. The van der Waals surface area contributed by atoms with Gasteiger partial charge in [-0.3, -0.25) is 9.59 Å². The second kappa shape index (κ2) is 34.0. The van der Waals surface area contributed by atoms with Crippen molar-refractivity contribution in [1.82, 2.24) is 0 Å². The van der Waals surface area contributed by atoms with Gasteiger partial charge in [0, 0.05) is 6.42 Å². The van der Waals surface area contributed by atoms with Crippen LogP contribution in [-0.2, 0) is 9.59 Å². The summed E-state index contributed by atoms with van der Waals surface area (Å²) in [6, 6.07) is 0. The predicted molar refractivity (Wildman–Crippen MR) is 178 cm³/mol. The minimum Gasteiger partial charge on any atom is -0.298 e. The Balaban J connectivity index is 3.52. The topological polar surface area (TPSA) is 34.1 Å². The van der Waals surface area contributed by atoms with Crippen LogP contribution in [0, 0.1) is 0 Å². The average molecular weight is 559 g/mol. The molecule has 0 radical (unpaired) electrons. The van der Waals surface area contributed by atoms with E-state index in [0.717, 1.165) is 32.0 Å². The van der Waals surface area contributed by atoms with Crippen LogP contribution in [0.25, 0.3) is 0 Å². The molecule has 0 fully saturated rings. The highest BCUT2D eigenvalue weighted by Crippen LogP contribution is 2.15. The molecule has 2 nitrogen and oxygen atoms in total. The van der Waals surface area contributed by atoms with Crippen molar-refractivity contribution in [2.24, 2.45) is 0 Å². The number of carbonyl (C=O) groups excluding carboxylic acids is 2. The van der Waals surface area contributed by atoms with Gasteiger partial charge in [0.15, 0.2) is 12.1 Å². The lowest BCUT2D eigenvalue weighted by atomic mass is 10.0. The molecule has 0 saturated heterocycles. The van der Waals surface area contributed by atoms with Crippen LogP contribution >= 0.6 is 0 Å². The number of carbonyl (C=O) groups is 2. The van der Waals surface area contributed by atoms with E-state index in [-0.39, 0.29) is 5.78 Å². The Hall–Kier alpha value is -1.18. The van der Waals surface area contributed by atoms with Crippen molar-refractivity contribution in [2.75, 3.05) is 0 Å². The van der Waals surface area contributed by atoms with Gasteiger partial charge < -0.3 is 0 Å². The summed E-state index contributed by atoms with van der Waals surface area (Å²) >= 11 is 0. The summed E-state index contributed by atoms with van der Waals surface area (Å²) in [6.45, 7) is 4.55. The van der Waals surface area contributed by atoms with Gasteiger partial charge >= 0.3 is 0 Å². The zero-order valence-electron chi connectivity index (χ0n) is 27.3. The monoisotopic (exact) mass is 559 g/mol. The molecule has 0 heterocycles. The maximum atomic E-state index is 12.4. The molecule has 0 aromatic carbocycles. The molecule has 0 aliphatic rings. The summed E-state index contributed by atoms with van der Waals surface area (Å²) in [4.78, 5) is 23.8. The minimum absolute atomic E-state index is 0.0496. The Morgan fingerprint density at radius 1 is 0.425 bits per heavy atom. The number of ketones is 1. The van der Waals surface area contributed by atoms with Gasteiger partial charge in [0.25, 0.3) is 0 Å². The van der Waals surface area contributed by atoms with Crippen molar-refractivity contribution in [3.05, 3.63) is 23.8 Å². The molecule has 0 aromatic rings. The van der Waals surface area contributed by atoms with E-state index in [1.54, 1.807) is 0 Å². The first-order valence-electron chi connectivity index (χ1n) is 18.1. The number of rotatable bonds is 33. The van der Waals surface area contributed by atoms with E-state index in [1.165, 1.54) is 161 Å². The summed E-state index contributed by atoms with van der Waals surface area (Å²) in [5, 5.41) is 0. The van der Waals surface area contributed by atoms with E-state index in [9.17, 15) is 9.59 Å². The van der Waals surface area contributed by atoms with Crippen molar-refractivity contribution in [1.29, 1.82) is 0 Å². The van der Waals surface area contributed by atoms with E-state index < -0.39 is 0 Å². The van der Waals surface area contributed by atoms with Gasteiger partial charge in [-0.1, -0.05) is 173 Å². The lowest BCUT2D eigenvalue weighted by Gasteiger charge is -2.03. The molecule has 0 unspecified atom stereocenters. The lowest BCUT2D eigenvalue weighted by Crippen LogP contribution is -2.03. The molecule has 40 heavy (non-hydrogen) atoms. The minimum atomic E-state index is 0.0496. The first kappa shape index (κ1) is 38.8. The van der Waals surface area contributed by atoms with E-state index in [0.29, 0.717) is 12.0 Å². The molecule has 0 saturated carbocycles. The van der Waals surface area contributed by atoms with Crippen LogP contribution in [-0.4, -0.2) is 12.1 Å². The van der Waals surface area contributed by atoms with Crippen molar-refractivity contribution < 1.29 is 9.59 Å². The molecule has 0 aliphatic carbocycles. The maximum absolute atomic E-state index is 12.4. The zero-order chi connectivity index (χ0) is 29.2. The van der Waals surface area contributed by atoms with E-state index in [4.69, 9.17) is 0 Å². The fraction of sp³-hybridized carbons (Fsp3) is 0.842. The molecule has 0 rings (SSSR count). The summed E-state index contributed by atoms with van der Waals surface area (Å²) in [6.07, 6.45) is 45.5. The van der Waals surface area contributed by atoms with Gasteiger partial charge in [-0.05, 0) is 44.9 Å². The average Bonchev–Trinajstić information content (AvgIpc) is 2.96. The van der Waals surface area contributed by atoms with E-state index in [1.807, 2.05) is 6.08 Å². The van der Waals surface area contributed by atoms with Crippen LogP contribution in [0.4, 0.5) is 0 Å². The molecule has 0 atom stereocenters. The normalized spacial score (nSPS) is 12.0. The molecular formula is C38H70O2. The highest BCUT2D eigenvalue weighted by Gasteiger charge is 2.07.